The molecule has 0 radical (unpaired) electrons. The highest BCUT2D eigenvalue weighted by atomic mass is 32.2. The van der Waals surface area contributed by atoms with Gasteiger partial charge in [-0.05, 0) is 38.8 Å². The number of rotatable bonds is 7. The molecule has 2 aliphatic heterocycles. The summed E-state index contributed by atoms with van der Waals surface area (Å²) < 4.78 is 51.1. The molecular weight excluding hydrogens is 438 g/mol. The normalized spacial score (nSPS) is 23.5. The number of benzene rings is 1. The third-order valence-corrected chi connectivity index (χ3v) is 9.97. The summed E-state index contributed by atoms with van der Waals surface area (Å²) in [6, 6.07) is 6.52. The van der Waals surface area contributed by atoms with Crippen molar-refractivity contribution in [1.82, 2.24) is 14.1 Å². The third-order valence-electron chi connectivity index (χ3n) is 6.30. The van der Waals surface area contributed by atoms with Crippen LogP contribution in [0.25, 0.3) is 0 Å². The average molecular weight is 472 g/mol. The smallest absolute Gasteiger partial charge is 0.243 e. The summed E-state index contributed by atoms with van der Waals surface area (Å²) in [6.45, 7) is 7.62. The van der Waals surface area contributed by atoms with Crippen LogP contribution in [-0.2, 0) is 24.7 Å². The van der Waals surface area contributed by atoms with E-state index in [0.29, 0.717) is 32.6 Å². The average Bonchev–Trinajstić information content (AvgIpc) is 3.07. The molecule has 31 heavy (non-hydrogen) atoms. The number of carbonyl (C=O) groups is 1. The lowest BCUT2D eigenvalue weighted by Gasteiger charge is -2.38. The molecule has 0 unspecified atom stereocenters. The van der Waals surface area contributed by atoms with E-state index >= 15 is 0 Å². The molecule has 10 heteroatoms. The van der Waals surface area contributed by atoms with Crippen molar-refractivity contribution in [1.29, 1.82) is 0 Å². The largest absolute Gasteiger partial charge is 0.335 e. The van der Waals surface area contributed by atoms with Crippen molar-refractivity contribution in [2.45, 2.75) is 50.6 Å². The van der Waals surface area contributed by atoms with Crippen molar-refractivity contribution in [3.05, 3.63) is 29.8 Å². The summed E-state index contributed by atoms with van der Waals surface area (Å²) >= 11 is 0. The molecule has 2 heterocycles. The molecule has 2 fully saturated rings. The van der Waals surface area contributed by atoms with Crippen LogP contribution in [0.1, 0.15) is 32.3 Å². The second kappa shape index (κ2) is 9.56. The predicted molar refractivity (Wildman–Crippen MR) is 120 cm³/mol. The first-order valence-corrected chi connectivity index (χ1v) is 14.1. The van der Waals surface area contributed by atoms with Gasteiger partial charge in [-0.15, -0.1) is 0 Å². The quantitative estimate of drug-likeness (QED) is 0.591. The van der Waals surface area contributed by atoms with Gasteiger partial charge in [0, 0.05) is 38.3 Å². The van der Waals surface area contributed by atoms with Gasteiger partial charge in [0.15, 0.2) is 9.84 Å². The fraction of sp³-hybridized carbons (Fsp3) is 0.667. The van der Waals surface area contributed by atoms with Gasteiger partial charge < -0.3 is 4.90 Å². The van der Waals surface area contributed by atoms with Gasteiger partial charge in [-0.2, -0.15) is 4.31 Å². The number of sulfonamides is 1. The van der Waals surface area contributed by atoms with Gasteiger partial charge in [0.25, 0.3) is 0 Å². The maximum atomic E-state index is 13.1. The van der Waals surface area contributed by atoms with Crippen LogP contribution in [-0.4, -0.2) is 93.2 Å². The molecule has 0 N–H and O–H groups in total. The zero-order valence-electron chi connectivity index (χ0n) is 18.5. The number of carbonyl (C=O) groups excluding carboxylic acids is 1. The number of amides is 1. The lowest BCUT2D eigenvalue weighted by atomic mass is 10.1. The molecule has 2 aliphatic rings. The first kappa shape index (κ1) is 24.2. The minimum Gasteiger partial charge on any atom is -0.335 e. The lowest BCUT2D eigenvalue weighted by molar-refractivity contribution is -0.137. The molecule has 2 atom stereocenters. The number of piperazine rings is 1. The van der Waals surface area contributed by atoms with E-state index in [1.807, 2.05) is 25.7 Å². The van der Waals surface area contributed by atoms with Crippen LogP contribution < -0.4 is 0 Å². The minimum absolute atomic E-state index is 0.0333. The summed E-state index contributed by atoms with van der Waals surface area (Å²) in [6.07, 6.45) is 1.24. The summed E-state index contributed by atoms with van der Waals surface area (Å²) in [4.78, 5) is 17.1. The molecule has 3 rings (SSSR count). The van der Waals surface area contributed by atoms with Crippen LogP contribution >= 0.6 is 0 Å². The molecule has 0 saturated carbocycles. The second-order valence-corrected chi connectivity index (χ2v) is 12.8. The number of sulfone groups is 1. The van der Waals surface area contributed by atoms with E-state index in [1.54, 1.807) is 29.2 Å². The van der Waals surface area contributed by atoms with Crippen molar-refractivity contribution in [2.75, 3.05) is 44.2 Å². The van der Waals surface area contributed by atoms with E-state index < -0.39 is 19.9 Å². The maximum Gasteiger partial charge on any atom is 0.243 e. The molecular formula is C21H33N3O5S2. The summed E-state index contributed by atoms with van der Waals surface area (Å²) in [5, 5.41) is 0. The van der Waals surface area contributed by atoms with Gasteiger partial charge in [0.05, 0.1) is 22.9 Å². The fourth-order valence-corrected chi connectivity index (χ4v) is 7.39. The van der Waals surface area contributed by atoms with Crippen molar-refractivity contribution in [3.8, 4) is 0 Å². The fourth-order valence-electron chi connectivity index (χ4n) is 4.26. The monoisotopic (exact) mass is 471 g/mol. The SMILES string of the molecule is CC[C@H](C)N(C(=O)CN1CCN(S(=O)(=O)c2ccc(C)cc2)CC1)[C@H]1CCS(=O)(=O)C1. The Morgan fingerprint density at radius 2 is 1.77 bits per heavy atom. The first-order valence-electron chi connectivity index (χ1n) is 10.8. The van der Waals surface area contributed by atoms with Crippen LogP contribution in [0.4, 0.5) is 0 Å². The van der Waals surface area contributed by atoms with E-state index in [1.165, 1.54) is 4.31 Å². The van der Waals surface area contributed by atoms with Crippen LogP contribution in [0.15, 0.2) is 29.2 Å². The number of aryl methyl sites for hydroxylation is 1. The highest BCUT2D eigenvalue weighted by molar-refractivity contribution is 7.91. The molecule has 0 aliphatic carbocycles. The van der Waals surface area contributed by atoms with Crippen LogP contribution in [0, 0.1) is 6.92 Å². The Kier molecular flexibility index (Phi) is 7.45. The standard InChI is InChI=1S/C21H33N3O5S2/c1-4-18(3)24(19-9-14-30(26,27)16-19)21(25)15-22-10-12-23(13-11-22)31(28,29)20-7-5-17(2)6-8-20/h5-8,18-19H,4,9-16H2,1-3H3/t18-,19-/m0/s1. The van der Waals surface area contributed by atoms with Gasteiger partial charge in [0.1, 0.15) is 0 Å². The molecule has 174 valence electrons. The second-order valence-electron chi connectivity index (χ2n) is 8.61. The lowest BCUT2D eigenvalue weighted by Crippen LogP contribution is -2.54. The molecule has 1 aromatic carbocycles. The van der Waals surface area contributed by atoms with E-state index in [2.05, 4.69) is 0 Å². The first-order chi connectivity index (χ1) is 14.5. The van der Waals surface area contributed by atoms with Gasteiger partial charge in [-0.1, -0.05) is 24.6 Å². The molecule has 8 nitrogen and oxygen atoms in total. The Morgan fingerprint density at radius 3 is 2.29 bits per heavy atom. The van der Waals surface area contributed by atoms with Gasteiger partial charge in [-0.25, -0.2) is 16.8 Å². The number of nitrogens with zero attached hydrogens (tertiary/aromatic N) is 3. The zero-order valence-corrected chi connectivity index (χ0v) is 20.2. The maximum absolute atomic E-state index is 13.1. The Labute approximate surface area is 186 Å². The number of hydrogen-bond donors (Lipinski definition) is 0. The molecule has 1 amide bonds. The van der Waals surface area contributed by atoms with E-state index in [-0.39, 0.29) is 40.9 Å². The molecule has 1 aromatic rings. The summed E-state index contributed by atoms with van der Waals surface area (Å²) in [5.41, 5.74) is 1.00. The van der Waals surface area contributed by atoms with Crippen molar-refractivity contribution < 1.29 is 21.6 Å². The van der Waals surface area contributed by atoms with Gasteiger partial charge in [-0.3, -0.25) is 9.69 Å². The Morgan fingerprint density at radius 1 is 1.16 bits per heavy atom. The van der Waals surface area contributed by atoms with Crippen LogP contribution in [0.2, 0.25) is 0 Å². The van der Waals surface area contributed by atoms with Crippen molar-refractivity contribution in [2.24, 2.45) is 0 Å². The van der Waals surface area contributed by atoms with E-state index in [9.17, 15) is 21.6 Å². The van der Waals surface area contributed by atoms with Crippen molar-refractivity contribution >= 4 is 25.8 Å². The molecule has 0 bridgehead atoms. The Hall–Kier alpha value is -1.49. The Bertz CT molecular complexity index is 984. The minimum atomic E-state index is -3.55. The summed E-state index contributed by atoms with van der Waals surface area (Å²) in [7, 11) is -6.63. The predicted octanol–water partition coefficient (Wildman–Crippen LogP) is 1.12. The highest BCUT2D eigenvalue weighted by Gasteiger charge is 2.37. The van der Waals surface area contributed by atoms with E-state index in [0.717, 1.165) is 12.0 Å². The van der Waals surface area contributed by atoms with Crippen LogP contribution in [0.5, 0.6) is 0 Å². The van der Waals surface area contributed by atoms with Gasteiger partial charge >= 0.3 is 0 Å². The molecule has 0 aromatic heterocycles. The Balaban J connectivity index is 1.61. The molecule has 0 spiro atoms. The zero-order chi connectivity index (χ0) is 22.8. The van der Waals surface area contributed by atoms with Crippen molar-refractivity contribution in [3.63, 3.8) is 0 Å². The third kappa shape index (κ3) is 5.66. The number of hydrogen-bond acceptors (Lipinski definition) is 6. The highest BCUT2D eigenvalue weighted by Crippen LogP contribution is 2.22. The van der Waals surface area contributed by atoms with E-state index in [4.69, 9.17) is 0 Å². The van der Waals surface area contributed by atoms with Gasteiger partial charge in [0.2, 0.25) is 15.9 Å². The summed E-state index contributed by atoms with van der Waals surface area (Å²) in [5.74, 6) is 0.0882. The van der Waals surface area contributed by atoms with Crippen LogP contribution in [0.3, 0.4) is 0 Å². The molecule has 2 saturated heterocycles. The topological polar surface area (TPSA) is 95.1 Å².